The van der Waals surface area contributed by atoms with E-state index in [0.717, 1.165) is 6.07 Å². The summed E-state index contributed by atoms with van der Waals surface area (Å²) in [4.78, 5) is 22.1. The molecular weight excluding hydrogens is 287 g/mol. The van der Waals surface area contributed by atoms with Crippen LogP contribution < -0.4 is 5.56 Å². The van der Waals surface area contributed by atoms with E-state index < -0.39 is 11.7 Å². The number of aromatic nitrogens is 5. The number of nitrogens with one attached hydrogen (secondary N) is 1. The predicted octanol–water partition coefficient (Wildman–Crippen LogP) is 1.83. The summed E-state index contributed by atoms with van der Waals surface area (Å²) in [5.41, 5.74) is -0.983. The summed E-state index contributed by atoms with van der Waals surface area (Å²) >= 11 is 0. The van der Waals surface area contributed by atoms with Gasteiger partial charge < -0.3 is 4.98 Å². The van der Waals surface area contributed by atoms with Crippen LogP contribution in [0.2, 0.25) is 0 Å². The van der Waals surface area contributed by atoms with Gasteiger partial charge in [0.1, 0.15) is 11.2 Å². The third-order valence-electron chi connectivity index (χ3n) is 2.85. The van der Waals surface area contributed by atoms with Crippen molar-refractivity contribution < 1.29 is 13.2 Å². The molecule has 0 bridgehead atoms. The number of fused-ring (bicyclic) bond motifs is 1. The number of H-pyrrole nitrogens is 1. The van der Waals surface area contributed by atoms with Crippen molar-refractivity contribution in [1.29, 1.82) is 0 Å². The smallest absolute Gasteiger partial charge is 0.310 e. The molecule has 0 aliphatic carbocycles. The van der Waals surface area contributed by atoms with E-state index in [4.69, 9.17) is 0 Å². The lowest BCUT2D eigenvalue weighted by Crippen LogP contribution is -2.11. The summed E-state index contributed by atoms with van der Waals surface area (Å²) in [6.07, 6.45) is -2.45. The lowest BCUT2D eigenvalue weighted by molar-refractivity contribution is -0.137. The molecule has 0 spiro atoms. The van der Waals surface area contributed by atoms with Gasteiger partial charge in [-0.25, -0.2) is 9.97 Å². The SMILES string of the molecule is Cc1nc2c(cnn2-c2ccc(C(F)(F)F)cn2)c(=O)[nH]1. The second-order valence-electron chi connectivity index (χ2n) is 4.35. The Morgan fingerprint density at radius 3 is 2.62 bits per heavy atom. The standard InChI is InChI=1S/C12H8F3N5O/c1-6-18-10-8(11(21)19-6)5-17-20(10)9-3-2-7(4-16-9)12(13,14)15/h2-5H,1H3,(H,18,19,21). The van der Waals surface area contributed by atoms with E-state index in [9.17, 15) is 18.0 Å². The molecule has 1 N–H and O–H groups in total. The highest BCUT2D eigenvalue weighted by atomic mass is 19.4. The molecule has 108 valence electrons. The minimum atomic E-state index is -4.45. The molecule has 0 saturated carbocycles. The second-order valence-corrected chi connectivity index (χ2v) is 4.35. The van der Waals surface area contributed by atoms with Crippen molar-refractivity contribution in [3.05, 3.63) is 46.3 Å². The highest BCUT2D eigenvalue weighted by Gasteiger charge is 2.30. The largest absolute Gasteiger partial charge is 0.417 e. The lowest BCUT2D eigenvalue weighted by atomic mass is 10.3. The van der Waals surface area contributed by atoms with Crippen LogP contribution in [0, 0.1) is 6.92 Å². The van der Waals surface area contributed by atoms with Crippen molar-refractivity contribution in [3.63, 3.8) is 0 Å². The van der Waals surface area contributed by atoms with Crippen LogP contribution in [-0.2, 0) is 6.18 Å². The Bertz CT molecular complexity index is 863. The van der Waals surface area contributed by atoms with Crippen molar-refractivity contribution in [2.75, 3.05) is 0 Å². The number of hydrogen-bond acceptors (Lipinski definition) is 4. The molecule has 0 aromatic carbocycles. The van der Waals surface area contributed by atoms with Crippen LogP contribution in [0.3, 0.4) is 0 Å². The molecule has 0 saturated heterocycles. The maximum Gasteiger partial charge on any atom is 0.417 e. The average Bonchev–Trinajstić information content (AvgIpc) is 2.82. The third-order valence-corrected chi connectivity index (χ3v) is 2.85. The van der Waals surface area contributed by atoms with Gasteiger partial charge in [-0.05, 0) is 19.1 Å². The normalized spacial score (nSPS) is 12.0. The molecule has 0 aliphatic rings. The Hall–Kier alpha value is -2.71. The average molecular weight is 295 g/mol. The van der Waals surface area contributed by atoms with Crippen molar-refractivity contribution in [1.82, 2.24) is 24.7 Å². The van der Waals surface area contributed by atoms with Crippen molar-refractivity contribution in [2.45, 2.75) is 13.1 Å². The van der Waals surface area contributed by atoms with E-state index in [2.05, 4.69) is 20.1 Å². The van der Waals surface area contributed by atoms with Gasteiger partial charge in [0.05, 0.1) is 11.8 Å². The number of halogens is 3. The predicted molar refractivity (Wildman–Crippen MR) is 67.0 cm³/mol. The highest BCUT2D eigenvalue weighted by molar-refractivity contribution is 5.74. The molecule has 3 heterocycles. The summed E-state index contributed by atoms with van der Waals surface area (Å²) in [5, 5.41) is 4.19. The molecular formula is C12H8F3N5O. The molecule has 3 rings (SSSR count). The van der Waals surface area contributed by atoms with Crippen molar-refractivity contribution >= 4 is 11.0 Å². The summed E-state index contributed by atoms with van der Waals surface area (Å²) in [7, 11) is 0. The zero-order valence-electron chi connectivity index (χ0n) is 10.6. The van der Waals surface area contributed by atoms with E-state index >= 15 is 0 Å². The van der Waals surface area contributed by atoms with Crippen LogP contribution in [0.25, 0.3) is 16.9 Å². The summed E-state index contributed by atoms with van der Waals surface area (Å²) in [6, 6.07) is 2.07. The summed E-state index contributed by atoms with van der Waals surface area (Å²) < 4.78 is 38.7. The minimum Gasteiger partial charge on any atom is -0.310 e. The van der Waals surface area contributed by atoms with Gasteiger partial charge in [0.25, 0.3) is 5.56 Å². The first-order valence-corrected chi connectivity index (χ1v) is 5.84. The third kappa shape index (κ3) is 2.26. The summed E-state index contributed by atoms with van der Waals surface area (Å²) in [5.74, 6) is 0.525. The maximum atomic E-state index is 12.5. The molecule has 0 unspecified atom stereocenters. The Kier molecular flexibility index (Phi) is 2.78. The fourth-order valence-corrected chi connectivity index (χ4v) is 1.87. The van der Waals surface area contributed by atoms with E-state index in [1.165, 1.54) is 16.9 Å². The molecule has 6 nitrogen and oxygen atoms in total. The van der Waals surface area contributed by atoms with Crippen LogP contribution >= 0.6 is 0 Å². The van der Waals surface area contributed by atoms with Gasteiger partial charge in [-0.1, -0.05) is 0 Å². The minimum absolute atomic E-state index is 0.149. The first-order valence-electron chi connectivity index (χ1n) is 5.84. The Morgan fingerprint density at radius 1 is 1.24 bits per heavy atom. The molecule has 21 heavy (non-hydrogen) atoms. The number of pyridine rings is 1. The van der Waals surface area contributed by atoms with Gasteiger partial charge in [0, 0.05) is 6.20 Å². The topological polar surface area (TPSA) is 76.5 Å². The zero-order chi connectivity index (χ0) is 15.2. The fourth-order valence-electron chi connectivity index (χ4n) is 1.87. The van der Waals surface area contributed by atoms with E-state index in [1.807, 2.05) is 0 Å². The molecule has 0 radical (unpaired) electrons. The Balaban J connectivity index is 2.15. The first kappa shape index (κ1) is 13.3. The van der Waals surface area contributed by atoms with Gasteiger partial charge in [-0.2, -0.15) is 23.0 Å². The van der Waals surface area contributed by atoms with E-state index in [-0.39, 0.29) is 22.4 Å². The monoisotopic (exact) mass is 295 g/mol. The quantitative estimate of drug-likeness (QED) is 0.743. The molecule has 3 aromatic heterocycles. The Labute approximate surface area is 115 Å². The van der Waals surface area contributed by atoms with Crippen LogP contribution in [0.1, 0.15) is 11.4 Å². The molecule has 0 aliphatic heterocycles. The molecule has 9 heteroatoms. The van der Waals surface area contributed by atoms with Crippen LogP contribution in [-0.4, -0.2) is 24.7 Å². The van der Waals surface area contributed by atoms with Gasteiger partial charge in [-0.15, -0.1) is 0 Å². The molecule has 3 aromatic rings. The highest BCUT2D eigenvalue weighted by Crippen LogP contribution is 2.28. The van der Waals surface area contributed by atoms with E-state index in [0.29, 0.717) is 12.0 Å². The zero-order valence-corrected chi connectivity index (χ0v) is 10.6. The lowest BCUT2D eigenvalue weighted by Gasteiger charge is -2.07. The van der Waals surface area contributed by atoms with Gasteiger partial charge in [0.15, 0.2) is 11.5 Å². The van der Waals surface area contributed by atoms with E-state index in [1.54, 1.807) is 6.92 Å². The van der Waals surface area contributed by atoms with Crippen LogP contribution in [0.4, 0.5) is 13.2 Å². The second kappa shape index (κ2) is 4.40. The summed E-state index contributed by atoms with van der Waals surface area (Å²) in [6.45, 7) is 1.60. The number of aromatic amines is 1. The van der Waals surface area contributed by atoms with Gasteiger partial charge in [-0.3, -0.25) is 4.79 Å². The molecule has 0 amide bonds. The Morgan fingerprint density at radius 2 is 2.00 bits per heavy atom. The van der Waals surface area contributed by atoms with Crippen molar-refractivity contribution in [2.24, 2.45) is 0 Å². The van der Waals surface area contributed by atoms with Crippen LogP contribution in [0.5, 0.6) is 0 Å². The number of rotatable bonds is 1. The first-order chi connectivity index (χ1) is 9.86. The number of alkyl halides is 3. The fraction of sp³-hybridized carbons (Fsp3) is 0.167. The number of nitrogens with zero attached hydrogens (tertiary/aromatic N) is 4. The van der Waals surface area contributed by atoms with Gasteiger partial charge >= 0.3 is 6.18 Å². The molecule has 0 atom stereocenters. The number of aryl methyl sites for hydroxylation is 1. The number of hydrogen-bond donors (Lipinski definition) is 1. The maximum absolute atomic E-state index is 12.5. The molecule has 0 fully saturated rings. The van der Waals surface area contributed by atoms with Gasteiger partial charge in [0.2, 0.25) is 0 Å². The van der Waals surface area contributed by atoms with Crippen molar-refractivity contribution in [3.8, 4) is 5.82 Å². The van der Waals surface area contributed by atoms with Crippen LogP contribution in [0.15, 0.2) is 29.3 Å².